The van der Waals surface area contributed by atoms with Gasteiger partial charge in [-0.05, 0) is 103 Å². The Morgan fingerprint density at radius 3 is 2.46 bits per heavy atom. The van der Waals surface area contributed by atoms with E-state index in [1.807, 2.05) is 71.0 Å². The third-order valence-corrected chi connectivity index (χ3v) is 14.8. The number of esters is 2. The number of aliphatic hydroxyl groups is 2. The highest BCUT2D eigenvalue weighted by Gasteiger charge is 2.54. The number of nitrogens with zero attached hydrogens (tertiary/aromatic N) is 5. The number of aliphatic imine (C=N–C) groups is 1. The molecule has 6 rings (SSSR count). The number of cyclic esters (lactones) is 1. The molecular formula is C51H72N6O12S. The Kier molecular flexibility index (Phi) is 18.5. The van der Waals surface area contributed by atoms with Crippen molar-refractivity contribution in [2.75, 3.05) is 33.0 Å². The number of ether oxygens (including phenoxy) is 6. The summed E-state index contributed by atoms with van der Waals surface area (Å²) >= 11 is 1.47. The Morgan fingerprint density at radius 1 is 1.03 bits per heavy atom. The van der Waals surface area contributed by atoms with E-state index in [2.05, 4.69) is 20.1 Å². The van der Waals surface area contributed by atoms with Crippen LogP contribution >= 0.6 is 11.3 Å². The zero-order valence-corrected chi connectivity index (χ0v) is 43.1. The molecule has 6 heterocycles. The number of likely N-dealkylation sites (N-methyl/N-ethyl adjacent to an activating group) is 1. The van der Waals surface area contributed by atoms with Crippen LogP contribution in [0.25, 0.3) is 10.6 Å². The Morgan fingerprint density at radius 2 is 1.79 bits per heavy atom. The molecule has 3 aliphatic heterocycles. The zero-order valence-electron chi connectivity index (χ0n) is 42.3. The number of hydrogen-bond donors (Lipinski definition) is 3. The molecule has 2 bridgehead atoms. The van der Waals surface area contributed by atoms with Crippen LogP contribution < -0.4 is 5.73 Å². The van der Waals surface area contributed by atoms with Gasteiger partial charge in [0.15, 0.2) is 12.9 Å². The number of aromatic nitrogens is 2. The average Bonchev–Trinajstić information content (AvgIpc) is 3.78. The molecule has 70 heavy (non-hydrogen) atoms. The molecule has 0 aromatic carbocycles. The van der Waals surface area contributed by atoms with Crippen LogP contribution in [0.4, 0.5) is 5.82 Å². The Labute approximate surface area is 415 Å². The highest BCUT2D eigenvalue weighted by atomic mass is 32.1. The Bertz CT molecular complexity index is 2310. The van der Waals surface area contributed by atoms with Gasteiger partial charge < -0.3 is 54.1 Å². The number of pyridine rings is 2. The van der Waals surface area contributed by atoms with Gasteiger partial charge in [-0.1, -0.05) is 45.0 Å². The van der Waals surface area contributed by atoms with Gasteiger partial charge in [-0.2, -0.15) is 0 Å². The Hall–Kier alpha value is -4.73. The topological polar surface area (TPSA) is 236 Å². The predicted octanol–water partition coefficient (Wildman–Crippen LogP) is 5.81. The number of carbonyl (C=O) groups is 3. The summed E-state index contributed by atoms with van der Waals surface area (Å²) in [6, 6.07) is 14.1. The first kappa shape index (κ1) is 54.6. The van der Waals surface area contributed by atoms with Crippen LogP contribution in [0.3, 0.4) is 0 Å². The first-order valence-electron chi connectivity index (χ1n) is 24.1. The minimum Gasteiger partial charge on any atom is -0.461 e. The standard InChI is InChI=1S/C51H72N6O12S/c1-12-40-51(9,62)47-30(4)43(54-33(7)58)28(2)24-50(8,64-26-35(25-63-47)56-65-27-36-19-20-39(70-36)37-17-15-18-41(52)55-37)46(69-49-44(60)38(57(10)11)22-29(3)66-49)31(5)45(32(6)48(61)67-40)68-42(59)23-34-16-13-14-21-53-34/h13-21,28-32,38,40,44-47,49,60,62H,12,22-27H2,1-11H3,(H2,52,55)/b54-43?,56-35+/t28-,29-,30+,31+,32-,38+,40-,44-,45+,46-,47+,49+,50-,51-/m1/s1. The highest BCUT2D eigenvalue weighted by molar-refractivity contribution is 7.15. The maximum atomic E-state index is 14.6. The summed E-state index contributed by atoms with van der Waals surface area (Å²) < 4.78 is 39.9. The average molecular weight is 993 g/mol. The maximum Gasteiger partial charge on any atom is 0.312 e. The maximum absolute atomic E-state index is 14.6. The second kappa shape index (κ2) is 23.7. The van der Waals surface area contributed by atoms with Crippen molar-refractivity contribution in [3.8, 4) is 10.6 Å². The lowest BCUT2D eigenvalue weighted by Crippen LogP contribution is -2.61. The van der Waals surface area contributed by atoms with Gasteiger partial charge in [0.05, 0.1) is 65.7 Å². The van der Waals surface area contributed by atoms with E-state index in [-0.39, 0.29) is 51.2 Å². The van der Waals surface area contributed by atoms with Crippen molar-refractivity contribution < 1.29 is 57.9 Å². The molecule has 3 saturated heterocycles. The molecule has 0 aliphatic carbocycles. The molecule has 384 valence electrons. The lowest BCUT2D eigenvalue weighted by atomic mass is 9.73. The lowest BCUT2D eigenvalue weighted by Gasteiger charge is -2.49. The smallest absolute Gasteiger partial charge is 0.312 e. The SMILES string of the molecule is CC[C@H]1OC(=O)[C@H](C)[C@@H](OC(=O)Cc2ccccn2)[C@H](C)[C@@H](O[C@@H]2O[C@H](C)C[C@H](N(C)C)[C@H]2O)[C@@]2(C)C[C@@H](C)C(=NC(C)=O)[C@H](C)[C@H](OC/C(=N\OCc3ccc(-c4cccc(N)n4)s3)CO2)[C@]1(C)O. The molecule has 4 N–H and O–H groups in total. The molecule has 3 aromatic heterocycles. The van der Waals surface area contributed by atoms with Gasteiger partial charge >= 0.3 is 11.9 Å². The molecule has 3 fully saturated rings. The number of amides is 1. The van der Waals surface area contributed by atoms with Crippen LogP contribution in [0.1, 0.15) is 92.1 Å². The number of fused-ring (bicyclic) bond motifs is 5. The second-order valence-electron chi connectivity index (χ2n) is 19.7. The first-order valence-corrected chi connectivity index (χ1v) is 24.9. The molecular weight excluding hydrogens is 921 g/mol. The fraction of sp³-hybridized carbons (Fsp3) is 0.627. The number of hydrogen-bond acceptors (Lipinski definition) is 18. The number of nitrogen functional groups attached to an aromatic ring is 1. The van der Waals surface area contributed by atoms with Gasteiger partial charge in [0.25, 0.3) is 0 Å². The molecule has 0 saturated carbocycles. The van der Waals surface area contributed by atoms with Crippen molar-refractivity contribution in [2.45, 2.75) is 155 Å². The quantitative estimate of drug-likeness (QED) is 0.152. The van der Waals surface area contributed by atoms with E-state index in [1.54, 1.807) is 51.2 Å². The van der Waals surface area contributed by atoms with E-state index >= 15 is 0 Å². The van der Waals surface area contributed by atoms with Crippen LogP contribution in [0.2, 0.25) is 0 Å². The number of nitrogens with two attached hydrogens (primary N) is 1. The summed E-state index contributed by atoms with van der Waals surface area (Å²) in [6.45, 7) is 15.2. The number of thiophene rings is 1. The van der Waals surface area contributed by atoms with Gasteiger partial charge in [0.2, 0.25) is 5.91 Å². The Balaban J connectivity index is 1.50. The van der Waals surface area contributed by atoms with Crippen LogP contribution in [0.5, 0.6) is 0 Å². The van der Waals surface area contributed by atoms with E-state index in [9.17, 15) is 24.6 Å². The number of anilines is 1. The van der Waals surface area contributed by atoms with E-state index in [0.29, 0.717) is 29.4 Å². The van der Waals surface area contributed by atoms with Gasteiger partial charge in [0, 0.05) is 41.6 Å². The lowest BCUT2D eigenvalue weighted by molar-refractivity contribution is -0.302. The monoisotopic (exact) mass is 992 g/mol. The van der Waals surface area contributed by atoms with E-state index in [1.165, 1.54) is 25.2 Å². The van der Waals surface area contributed by atoms with Crippen molar-refractivity contribution in [3.05, 3.63) is 65.3 Å². The number of oxime groups is 1. The second-order valence-corrected chi connectivity index (χ2v) is 20.9. The minimum absolute atomic E-state index is 0.0833. The van der Waals surface area contributed by atoms with Gasteiger partial charge in [-0.15, -0.1) is 11.3 Å². The summed E-state index contributed by atoms with van der Waals surface area (Å²) in [5, 5.41) is 29.3. The third-order valence-electron chi connectivity index (χ3n) is 13.7. The number of carbonyl (C=O) groups excluding carboxylic acids is 3. The van der Waals surface area contributed by atoms with Gasteiger partial charge in [0.1, 0.15) is 35.4 Å². The molecule has 1 amide bonds. The van der Waals surface area contributed by atoms with Crippen molar-refractivity contribution in [1.29, 1.82) is 0 Å². The normalized spacial score (nSPS) is 34.8. The summed E-state index contributed by atoms with van der Waals surface area (Å²) in [4.78, 5) is 64.8. The van der Waals surface area contributed by atoms with Gasteiger partial charge in [-0.3, -0.25) is 19.4 Å². The molecule has 0 unspecified atom stereocenters. The van der Waals surface area contributed by atoms with Crippen LogP contribution in [-0.4, -0.2) is 142 Å². The van der Waals surface area contributed by atoms with E-state index < -0.39 is 89.5 Å². The highest BCUT2D eigenvalue weighted by Crippen LogP contribution is 2.42. The van der Waals surface area contributed by atoms with E-state index in [4.69, 9.17) is 39.0 Å². The molecule has 3 aliphatic rings. The van der Waals surface area contributed by atoms with E-state index in [0.717, 1.165) is 15.4 Å². The largest absolute Gasteiger partial charge is 0.461 e. The molecule has 14 atom stereocenters. The summed E-state index contributed by atoms with van der Waals surface area (Å²) in [5.41, 5.74) is 4.50. The van der Waals surface area contributed by atoms with Crippen molar-refractivity contribution >= 4 is 46.4 Å². The molecule has 18 nitrogen and oxygen atoms in total. The number of aliphatic hydroxyl groups excluding tert-OH is 1. The first-order chi connectivity index (χ1) is 33.1. The molecule has 0 spiro atoms. The van der Waals surface area contributed by atoms with Crippen LogP contribution in [0.15, 0.2) is 64.9 Å². The van der Waals surface area contributed by atoms with Gasteiger partial charge in [-0.25, -0.2) is 9.98 Å². The van der Waals surface area contributed by atoms with Crippen molar-refractivity contribution in [3.63, 3.8) is 0 Å². The van der Waals surface area contributed by atoms with Crippen molar-refractivity contribution in [2.24, 2.45) is 33.8 Å². The summed E-state index contributed by atoms with van der Waals surface area (Å²) in [7, 11) is 3.75. The predicted molar refractivity (Wildman–Crippen MR) is 264 cm³/mol. The molecule has 0 radical (unpaired) electrons. The van der Waals surface area contributed by atoms with Crippen LogP contribution in [-0.2, 0) is 60.7 Å². The fourth-order valence-electron chi connectivity index (χ4n) is 10.2. The summed E-state index contributed by atoms with van der Waals surface area (Å²) in [6.07, 6.45) is -5.20. The fourth-order valence-corrected chi connectivity index (χ4v) is 11.1. The third kappa shape index (κ3) is 13.2. The zero-order chi connectivity index (χ0) is 51.1. The number of rotatable bonds is 11. The van der Waals surface area contributed by atoms with Crippen LogP contribution in [0, 0.1) is 23.7 Å². The summed E-state index contributed by atoms with van der Waals surface area (Å²) in [5.74, 6) is -4.83. The molecule has 3 aromatic rings. The van der Waals surface area contributed by atoms with Crippen molar-refractivity contribution in [1.82, 2.24) is 14.9 Å². The molecule has 19 heteroatoms. The minimum atomic E-state index is -1.89.